The van der Waals surface area contributed by atoms with Crippen LogP contribution in [0, 0.1) is 0 Å². The van der Waals surface area contributed by atoms with E-state index in [1.807, 2.05) is 18.3 Å². The zero-order valence-corrected chi connectivity index (χ0v) is 9.79. The standard InChI is InChI=1S/C11H12BrN3/c12-10-3-1-2-8(6-10)11-9(4-5-13)7-14-15-11/h1-3,6-7H,4-5,13H2,(H,14,15). The van der Waals surface area contributed by atoms with Gasteiger partial charge < -0.3 is 5.73 Å². The first-order valence-corrected chi connectivity index (χ1v) is 5.59. The van der Waals surface area contributed by atoms with Gasteiger partial charge in [0.15, 0.2) is 0 Å². The number of aromatic amines is 1. The number of nitrogens with one attached hydrogen (secondary N) is 1. The van der Waals surface area contributed by atoms with E-state index in [1.165, 1.54) is 0 Å². The van der Waals surface area contributed by atoms with Crippen LogP contribution in [0.2, 0.25) is 0 Å². The Morgan fingerprint density at radius 3 is 3.00 bits per heavy atom. The number of halogens is 1. The Labute approximate surface area is 96.8 Å². The van der Waals surface area contributed by atoms with Crippen molar-refractivity contribution < 1.29 is 0 Å². The summed E-state index contributed by atoms with van der Waals surface area (Å²) in [6, 6.07) is 8.13. The number of benzene rings is 1. The molecular weight excluding hydrogens is 254 g/mol. The van der Waals surface area contributed by atoms with Gasteiger partial charge in [-0.15, -0.1) is 0 Å². The van der Waals surface area contributed by atoms with E-state index in [-0.39, 0.29) is 0 Å². The van der Waals surface area contributed by atoms with Crippen molar-refractivity contribution in [3.63, 3.8) is 0 Å². The Hall–Kier alpha value is -1.13. The van der Waals surface area contributed by atoms with E-state index in [1.54, 1.807) is 0 Å². The van der Waals surface area contributed by atoms with Gasteiger partial charge in [-0.25, -0.2) is 0 Å². The molecule has 4 heteroatoms. The van der Waals surface area contributed by atoms with Crippen molar-refractivity contribution in [1.82, 2.24) is 10.2 Å². The van der Waals surface area contributed by atoms with Crippen molar-refractivity contribution in [2.24, 2.45) is 5.73 Å². The molecule has 2 rings (SSSR count). The first-order valence-electron chi connectivity index (χ1n) is 4.79. The second-order valence-corrected chi connectivity index (χ2v) is 4.23. The number of nitrogens with zero attached hydrogens (tertiary/aromatic N) is 1. The van der Waals surface area contributed by atoms with Gasteiger partial charge in [0.05, 0.1) is 11.9 Å². The molecule has 1 aromatic carbocycles. The lowest BCUT2D eigenvalue weighted by molar-refractivity contribution is 0.972. The normalized spacial score (nSPS) is 10.5. The van der Waals surface area contributed by atoms with Crippen LogP contribution < -0.4 is 5.73 Å². The second kappa shape index (κ2) is 4.59. The Kier molecular flexibility index (Phi) is 3.18. The molecule has 3 nitrogen and oxygen atoms in total. The van der Waals surface area contributed by atoms with Crippen molar-refractivity contribution in [3.8, 4) is 11.3 Å². The molecule has 0 saturated carbocycles. The van der Waals surface area contributed by atoms with E-state index in [4.69, 9.17) is 5.73 Å². The lowest BCUT2D eigenvalue weighted by Crippen LogP contribution is -2.02. The fourth-order valence-corrected chi connectivity index (χ4v) is 1.95. The maximum absolute atomic E-state index is 5.55. The van der Waals surface area contributed by atoms with Crippen molar-refractivity contribution >= 4 is 15.9 Å². The van der Waals surface area contributed by atoms with Gasteiger partial charge in [-0.2, -0.15) is 5.10 Å². The van der Waals surface area contributed by atoms with Crippen molar-refractivity contribution in [1.29, 1.82) is 0 Å². The predicted molar refractivity (Wildman–Crippen MR) is 64.5 cm³/mol. The van der Waals surface area contributed by atoms with Gasteiger partial charge in [-0.3, -0.25) is 5.10 Å². The van der Waals surface area contributed by atoms with Gasteiger partial charge in [-0.05, 0) is 30.7 Å². The largest absolute Gasteiger partial charge is 0.330 e. The highest BCUT2D eigenvalue weighted by Gasteiger charge is 2.06. The summed E-state index contributed by atoms with van der Waals surface area (Å²) in [6.45, 7) is 0.639. The molecule has 0 fully saturated rings. The molecule has 0 radical (unpaired) electrons. The molecule has 1 heterocycles. The molecule has 2 aromatic rings. The van der Waals surface area contributed by atoms with E-state index >= 15 is 0 Å². The number of hydrogen-bond acceptors (Lipinski definition) is 2. The molecule has 3 N–H and O–H groups in total. The maximum Gasteiger partial charge on any atom is 0.0683 e. The Morgan fingerprint density at radius 2 is 2.27 bits per heavy atom. The molecule has 0 aliphatic rings. The van der Waals surface area contributed by atoms with E-state index in [0.717, 1.165) is 27.7 Å². The molecule has 0 spiro atoms. The quantitative estimate of drug-likeness (QED) is 0.895. The highest BCUT2D eigenvalue weighted by molar-refractivity contribution is 9.10. The number of H-pyrrole nitrogens is 1. The summed E-state index contributed by atoms with van der Waals surface area (Å²) in [4.78, 5) is 0. The number of aromatic nitrogens is 2. The zero-order chi connectivity index (χ0) is 10.7. The van der Waals surface area contributed by atoms with Crippen LogP contribution >= 0.6 is 15.9 Å². The minimum absolute atomic E-state index is 0.639. The lowest BCUT2D eigenvalue weighted by atomic mass is 10.1. The molecular formula is C11H12BrN3. The van der Waals surface area contributed by atoms with Gasteiger partial charge in [0.25, 0.3) is 0 Å². The molecule has 78 valence electrons. The van der Waals surface area contributed by atoms with Crippen molar-refractivity contribution in [2.45, 2.75) is 6.42 Å². The van der Waals surface area contributed by atoms with Gasteiger partial charge >= 0.3 is 0 Å². The van der Waals surface area contributed by atoms with Crippen LogP contribution in [0.1, 0.15) is 5.56 Å². The third kappa shape index (κ3) is 2.27. The van der Waals surface area contributed by atoms with Gasteiger partial charge in [0.1, 0.15) is 0 Å². The van der Waals surface area contributed by atoms with Crippen LogP contribution in [0.15, 0.2) is 34.9 Å². The molecule has 0 aliphatic carbocycles. The monoisotopic (exact) mass is 265 g/mol. The SMILES string of the molecule is NCCc1cn[nH]c1-c1cccc(Br)c1. The van der Waals surface area contributed by atoms with Crippen LogP contribution in [0.4, 0.5) is 0 Å². The summed E-state index contributed by atoms with van der Waals surface area (Å²) in [7, 11) is 0. The number of rotatable bonds is 3. The van der Waals surface area contributed by atoms with Gasteiger partial charge in [0.2, 0.25) is 0 Å². The van der Waals surface area contributed by atoms with Gasteiger partial charge in [0, 0.05) is 10.0 Å². The fraction of sp³-hybridized carbons (Fsp3) is 0.182. The van der Waals surface area contributed by atoms with E-state index in [9.17, 15) is 0 Å². The Bertz CT molecular complexity index is 451. The first kappa shape index (κ1) is 10.4. The number of nitrogens with two attached hydrogens (primary N) is 1. The highest BCUT2D eigenvalue weighted by Crippen LogP contribution is 2.24. The number of hydrogen-bond donors (Lipinski definition) is 2. The summed E-state index contributed by atoms with van der Waals surface area (Å²) in [5.41, 5.74) is 8.90. The smallest absolute Gasteiger partial charge is 0.0683 e. The average Bonchev–Trinajstić information content (AvgIpc) is 2.66. The van der Waals surface area contributed by atoms with E-state index < -0.39 is 0 Å². The van der Waals surface area contributed by atoms with E-state index in [2.05, 4.69) is 38.3 Å². The summed E-state index contributed by atoms with van der Waals surface area (Å²) < 4.78 is 1.06. The fourth-order valence-electron chi connectivity index (χ4n) is 1.55. The predicted octanol–water partition coefficient (Wildman–Crippen LogP) is 2.34. The van der Waals surface area contributed by atoms with Crippen LogP contribution in [0.5, 0.6) is 0 Å². The summed E-state index contributed by atoms with van der Waals surface area (Å²) in [6.07, 6.45) is 2.68. The molecule has 0 unspecified atom stereocenters. The van der Waals surface area contributed by atoms with Crippen LogP contribution in [0.3, 0.4) is 0 Å². The lowest BCUT2D eigenvalue weighted by Gasteiger charge is -2.02. The van der Waals surface area contributed by atoms with Crippen molar-refractivity contribution in [3.05, 3.63) is 40.5 Å². The van der Waals surface area contributed by atoms with Crippen LogP contribution in [-0.4, -0.2) is 16.7 Å². The molecule has 0 amide bonds. The molecule has 0 atom stereocenters. The molecule has 1 aromatic heterocycles. The minimum atomic E-state index is 0.639. The van der Waals surface area contributed by atoms with Crippen LogP contribution in [-0.2, 0) is 6.42 Å². The maximum atomic E-state index is 5.55. The third-order valence-electron chi connectivity index (χ3n) is 2.24. The zero-order valence-electron chi connectivity index (χ0n) is 8.20. The van der Waals surface area contributed by atoms with Crippen LogP contribution in [0.25, 0.3) is 11.3 Å². The Morgan fingerprint density at radius 1 is 1.40 bits per heavy atom. The first-order chi connectivity index (χ1) is 7.31. The molecule has 15 heavy (non-hydrogen) atoms. The Balaban J connectivity index is 2.40. The molecule has 0 aliphatic heterocycles. The van der Waals surface area contributed by atoms with E-state index in [0.29, 0.717) is 6.54 Å². The minimum Gasteiger partial charge on any atom is -0.330 e. The highest BCUT2D eigenvalue weighted by atomic mass is 79.9. The topological polar surface area (TPSA) is 54.7 Å². The van der Waals surface area contributed by atoms with Crippen molar-refractivity contribution in [2.75, 3.05) is 6.54 Å². The summed E-state index contributed by atoms with van der Waals surface area (Å²) in [5.74, 6) is 0. The summed E-state index contributed by atoms with van der Waals surface area (Å²) in [5, 5.41) is 7.06. The average molecular weight is 266 g/mol. The summed E-state index contributed by atoms with van der Waals surface area (Å²) >= 11 is 3.45. The van der Waals surface area contributed by atoms with Gasteiger partial charge in [-0.1, -0.05) is 28.1 Å². The molecule has 0 saturated heterocycles. The molecule has 0 bridgehead atoms. The third-order valence-corrected chi connectivity index (χ3v) is 2.74. The second-order valence-electron chi connectivity index (χ2n) is 3.32.